The summed E-state index contributed by atoms with van der Waals surface area (Å²) in [5.41, 5.74) is 6.54. The molecule has 18 heavy (non-hydrogen) atoms. The maximum Gasteiger partial charge on any atom is 0.161 e. The van der Waals surface area contributed by atoms with Crippen LogP contribution in [0.25, 0.3) is 0 Å². The van der Waals surface area contributed by atoms with Crippen LogP contribution in [0.3, 0.4) is 0 Å². The number of piperidine rings is 1. The van der Waals surface area contributed by atoms with Gasteiger partial charge in [0.05, 0.1) is 11.8 Å². The minimum atomic E-state index is 0.375. The lowest BCUT2D eigenvalue weighted by Gasteiger charge is -2.36. The van der Waals surface area contributed by atoms with E-state index in [4.69, 9.17) is 18.0 Å². The number of rotatable bonds is 3. The van der Waals surface area contributed by atoms with Crippen LogP contribution in [0.15, 0.2) is 12.3 Å². The first-order valence-electron chi connectivity index (χ1n) is 6.12. The number of anilines is 1. The summed E-state index contributed by atoms with van der Waals surface area (Å²) < 4.78 is 0. The summed E-state index contributed by atoms with van der Waals surface area (Å²) in [5.74, 6) is 0.791. The van der Waals surface area contributed by atoms with Crippen LogP contribution in [0, 0.1) is 0 Å². The third-order valence-electron chi connectivity index (χ3n) is 3.54. The van der Waals surface area contributed by atoms with Gasteiger partial charge in [-0.3, -0.25) is 0 Å². The van der Waals surface area contributed by atoms with E-state index in [-0.39, 0.29) is 0 Å². The minimum absolute atomic E-state index is 0.375. The highest BCUT2D eigenvalue weighted by Crippen LogP contribution is 2.22. The van der Waals surface area contributed by atoms with Crippen LogP contribution < -0.4 is 10.6 Å². The highest BCUT2D eigenvalue weighted by atomic mass is 32.1. The van der Waals surface area contributed by atoms with Gasteiger partial charge >= 0.3 is 0 Å². The van der Waals surface area contributed by atoms with Crippen molar-refractivity contribution in [3.05, 3.63) is 17.8 Å². The van der Waals surface area contributed by atoms with Crippen LogP contribution in [-0.4, -0.2) is 53.3 Å². The Hall–Kier alpha value is -1.27. The van der Waals surface area contributed by atoms with E-state index in [9.17, 15) is 0 Å². The van der Waals surface area contributed by atoms with Gasteiger partial charge in [-0.05, 0) is 39.0 Å². The molecule has 0 aromatic carbocycles. The lowest BCUT2D eigenvalue weighted by Crippen LogP contribution is -2.43. The van der Waals surface area contributed by atoms with Crippen LogP contribution in [0.1, 0.15) is 18.4 Å². The zero-order valence-corrected chi connectivity index (χ0v) is 11.7. The molecule has 0 unspecified atom stereocenters. The summed E-state index contributed by atoms with van der Waals surface area (Å²) in [4.78, 5) is 4.88. The second-order valence-electron chi connectivity index (χ2n) is 4.78. The van der Waals surface area contributed by atoms with Crippen molar-refractivity contribution in [2.24, 2.45) is 5.73 Å². The lowest BCUT2D eigenvalue weighted by atomic mass is 10.0. The second kappa shape index (κ2) is 5.58. The molecule has 98 valence electrons. The molecular formula is C12H19N5S. The fraction of sp³-hybridized carbons (Fsp3) is 0.583. The molecule has 2 heterocycles. The van der Waals surface area contributed by atoms with Gasteiger partial charge in [0.25, 0.3) is 0 Å². The average Bonchev–Trinajstić information content (AvgIpc) is 2.39. The quantitative estimate of drug-likeness (QED) is 0.810. The van der Waals surface area contributed by atoms with Crippen LogP contribution >= 0.6 is 12.2 Å². The number of nitrogens with zero attached hydrogens (tertiary/aromatic N) is 4. The van der Waals surface area contributed by atoms with E-state index < -0.39 is 0 Å². The molecule has 0 bridgehead atoms. The summed E-state index contributed by atoms with van der Waals surface area (Å²) in [5, 5.41) is 8.13. The minimum Gasteiger partial charge on any atom is -0.389 e. The molecule has 0 atom stereocenters. The number of hydrogen-bond donors (Lipinski definition) is 1. The van der Waals surface area contributed by atoms with Crippen LogP contribution in [0.4, 0.5) is 5.82 Å². The molecule has 0 aliphatic carbocycles. The van der Waals surface area contributed by atoms with Gasteiger partial charge in [-0.1, -0.05) is 12.2 Å². The van der Waals surface area contributed by atoms with Gasteiger partial charge in [-0.15, -0.1) is 5.10 Å². The van der Waals surface area contributed by atoms with Crippen molar-refractivity contribution < 1.29 is 0 Å². The van der Waals surface area contributed by atoms with Crippen molar-refractivity contribution >= 4 is 23.0 Å². The predicted octanol–water partition coefficient (Wildman–Crippen LogP) is 0.641. The molecule has 1 saturated heterocycles. The van der Waals surface area contributed by atoms with E-state index in [1.807, 2.05) is 13.1 Å². The topological polar surface area (TPSA) is 58.3 Å². The molecule has 2 rings (SSSR count). The molecule has 1 aromatic rings. The summed E-state index contributed by atoms with van der Waals surface area (Å²) in [6, 6.07) is 2.31. The van der Waals surface area contributed by atoms with Crippen molar-refractivity contribution in [1.82, 2.24) is 15.1 Å². The molecule has 1 fully saturated rings. The van der Waals surface area contributed by atoms with Gasteiger partial charge in [0.1, 0.15) is 4.99 Å². The summed E-state index contributed by atoms with van der Waals surface area (Å²) in [6.45, 7) is 2.22. The second-order valence-corrected chi connectivity index (χ2v) is 5.22. The lowest BCUT2D eigenvalue weighted by molar-refractivity contribution is 0.252. The molecule has 0 spiro atoms. The zero-order chi connectivity index (χ0) is 13.1. The van der Waals surface area contributed by atoms with Crippen molar-refractivity contribution in [2.45, 2.75) is 18.9 Å². The Balaban J connectivity index is 2.18. The average molecular weight is 265 g/mol. The molecule has 6 heteroatoms. The highest BCUT2D eigenvalue weighted by Gasteiger charge is 2.23. The first-order chi connectivity index (χ1) is 8.59. The van der Waals surface area contributed by atoms with Gasteiger partial charge in [-0.25, -0.2) is 0 Å². The number of thiocarbonyl (C=S) groups is 1. The Morgan fingerprint density at radius 3 is 2.78 bits per heavy atom. The Kier molecular flexibility index (Phi) is 4.08. The maximum absolute atomic E-state index is 5.73. The van der Waals surface area contributed by atoms with Crippen molar-refractivity contribution in [3.8, 4) is 0 Å². The standard InChI is InChI=1S/C12H19N5S/c1-16-7-4-9(5-8-16)17(2)12-10(11(13)18)3-6-14-15-12/h3,6,9H,4-5,7-8H2,1-2H3,(H2,13,18). The van der Waals surface area contributed by atoms with Crippen molar-refractivity contribution in [3.63, 3.8) is 0 Å². The van der Waals surface area contributed by atoms with Crippen molar-refractivity contribution in [2.75, 3.05) is 32.1 Å². The maximum atomic E-state index is 5.73. The summed E-state index contributed by atoms with van der Waals surface area (Å²) >= 11 is 5.06. The van der Waals surface area contributed by atoms with E-state index >= 15 is 0 Å². The van der Waals surface area contributed by atoms with Gasteiger partial charge in [0, 0.05) is 13.1 Å². The number of likely N-dealkylation sites (tertiary alicyclic amines) is 1. The highest BCUT2D eigenvalue weighted by molar-refractivity contribution is 7.80. The fourth-order valence-electron chi connectivity index (χ4n) is 2.33. The first-order valence-corrected chi connectivity index (χ1v) is 6.53. The Labute approximate surface area is 113 Å². The largest absolute Gasteiger partial charge is 0.389 e. The number of aromatic nitrogens is 2. The Morgan fingerprint density at radius 2 is 2.17 bits per heavy atom. The van der Waals surface area contributed by atoms with Gasteiger partial charge in [0.15, 0.2) is 5.82 Å². The Bertz CT molecular complexity index is 428. The SMILES string of the molecule is CN1CCC(N(C)c2nnccc2C(N)=S)CC1. The fourth-order valence-corrected chi connectivity index (χ4v) is 2.49. The van der Waals surface area contributed by atoms with Gasteiger partial charge in [-0.2, -0.15) is 5.10 Å². The van der Waals surface area contributed by atoms with Crippen molar-refractivity contribution in [1.29, 1.82) is 0 Å². The monoisotopic (exact) mass is 265 g/mol. The summed E-state index contributed by atoms with van der Waals surface area (Å²) in [6.07, 6.45) is 3.88. The molecule has 1 aliphatic rings. The van der Waals surface area contributed by atoms with Crippen LogP contribution in [-0.2, 0) is 0 Å². The smallest absolute Gasteiger partial charge is 0.161 e. The summed E-state index contributed by atoms with van der Waals surface area (Å²) in [7, 11) is 4.20. The van der Waals surface area contributed by atoms with Crippen LogP contribution in [0.5, 0.6) is 0 Å². The van der Waals surface area contributed by atoms with E-state index in [0.29, 0.717) is 11.0 Å². The molecular weight excluding hydrogens is 246 g/mol. The molecule has 1 aromatic heterocycles. The van der Waals surface area contributed by atoms with E-state index in [2.05, 4.69) is 27.0 Å². The zero-order valence-electron chi connectivity index (χ0n) is 10.8. The third-order valence-corrected chi connectivity index (χ3v) is 3.76. The molecule has 0 radical (unpaired) electrons. The first kappa shape index (κ1) is 13.2. The molecule has 2 N–H and O–H groups in total. The van der Waals surface area contributed by atoms with E-state index in [1.54, 1.807) is 6.20 Å². The molecule has 5 nitrogen and oxygen atoms in total. The predicted molar refractivity (Wildman–Crippen MR) is 76.8 cm³/mol. The molecule has 1 aliphatic heterocycles. The number of hydrogen-bond acceptors (Lipinski definition) is 5. The molecule has 0 amide bonds. The molecule has 0 saturated carbocycles. The van der Waals surface area contributed by atoms with E-state index in [0.717, 1.165) is 37.3 Å². The van der Waals surface area contributed by atoms with E-state index in [1.165, 1.54) is 0 Å². The van der Waals surface area contributed by atoms with Gasteiger partial charge in [0.2, 0.25) is 0 Å². The third kappa shape index (κ3) is 2.76. The number of nitrogens with two attached hydrogens (primary N) is 1. The van der Waals surface area contributed by atoms with Crippen LogP contribution in [0.2, 0.25) is 0 Å². The van der Waals surface area contributed by atoms with Gasteiger partial charge < -0.3 is 15.5 Å². The Morgan fingerprint density at radius 1 is 1.50 bits per heavy atom. The normalized spacial score (nSPS) is 17.7.